The molecular weight excluding hydrogens is 210 g/mol. The molecule has 4 heteroatoms. The van der Waals surface area contributed by atoms with Gasteiger partial charge in [-0.3, -0.25) is 9.80 Å². The van der Waals surface area contributed by atoms with Crippen molar-refractivity contribution in [2.24, 2.45) is 0 Å². The molecule has 0 aromatic rings. The monoisotopic (exact) mass is 234 g/mol. The van der Waals surface area contributed by atoms with Crippen molar-refractivity contribution < 1.29 is 8.78 Å². The number of halogens is 2. The third-order valence-electron chi connectivity index (χ3n) is 3.19. The Morgan fingerprint density at radius 2 is 1.62 bits per heavy atom. The second-order valence-electron chi connectivity index (χ2n) is 6.01. The van der Waals surface area contributed by atoms with Crippen LogP contribution in [0.5, 0.6) is 0 Å². The van der Waals surface area contributed by atoms with E-state index in [4.69, 9.17) is 0 Å². The highest BCUT2D eigenvalue weighted by atomic mass is 19.3. The van der Waals surface area contributed by atoms with Gasteiger partial charge in [-0.1, -0.05) is 0 Å². The molecule has 1 aliphatic heterocycles. The van der Waals surface area contributed by atoms with Gasteiger partial charge in [0, 0.05) is 24.7 Å². The fraction of sp³-hybridized carbons (Fsp3) is 1.00. The second kappa shape index (κ2) is 4.57. The summed E-state index contributed by atoms with van der Waals surface area (Å²) < 4.78 is 27.5. The van der Waals surface area contributed by atoms with Crippen LogP contribution in [-0.4, -0.2) is 53.5 Å². The Morgan fingerprint density at radius 3 is 2.06 bits per heavy atom. The fourth-order valence-electron chi connectivity index (χ4n) is 2.05. The minimum atomic E-state index is -2.60. The van der Waals surface area contributed by atoms with Crippen LogP contribution in [0.4, 0.5) is 8.78 Å². The molecule has 0 N–H and O–H groups in total. The first-order valence-corrected chi connectivity index (χ1v) is 5.99. The highest BCUT2D eigenvalue weighted by Gasteiger charge is 2.40. The molecule has 0 atom stereocenters. The van der Waals surface area contributed by atoms with Crippen molar-refractivity contribution in [2.45, 2.75) is 52.1 Å². The first kappa shape index (κ1) is 13.8. The van der Waals surface area contributed by atoms with Gasteiger partial charge in [-0.2, -0.15) is 0 Å². The van der Waals surface area contributed by atoms with Crippen molar-refractivity contribution in [3.8, 4) is 0 Å². The Morgan fingerprint density at radius 1 is 1.06 bits per heavy atom. The Labute approximate surface area is 97.6 Å². The Bertz CT molecular complexity index is 234. The number of rotatable bonds is 1. The predicted molar refractivity (Wildman–Crippen MR) is 63.0 cm³/mol. The van der Waals surface area contributed by atoms with Crippen LogP contribution in [0.25, 0.3) is 0 Å². The molecule has 1 saturated heterocycles. The van der Waals surface area contributed by atoms with E-state index in [0.717, 1.165) is 13.1 Å². The number of nitrogens with zero attached hydrogens (tertiary/aromatic N) is 2. The van der Waals surface area contributed by atoms with E-state index >= 15 is 0 Å². The van der Waals surface area contributed by atoms with Gasteiger partial charge < -0.3 is 0 Å². The van der Waals surface area contributed by atoms with Crippen molar-refractivity contribution in [1.82, 2.24) is 9.80 Å². The summed E-state index contributed by atoms with van der Waals surface area (Å²) in [6.07, 6.45) is 0. The average Bonchev–Trinajstić information content (AvgIpc) is 2.22. The molecule has 1 fully saturated rings. The summed E-state index contributed by atoms with van der Waals surface area (Å²) in [5.41, 5.74) is -0.184. The van der Waals surface area contributed by atoms with Crippen LogP contribution in [0.3, 0.4) is 0 Å². The van der Waals surface area contributed by atoms with Gasteiger partial charge >= 0.3 is 0 Å². The molecule has 0 unspecified atom stereocenters. The van der Waals surface area contributed by atoms with E-state index in [9.17, 15) is 8.78 Å². The molecule has 0 aromatic heterocycles. The van der Waals surface area contributed by atoms with Gasteiger partial charge in [0.15, 0.2) is 0 Å². The van der Waals surface area contributed by atoms with Gasteiger partial charge in [-0.25, -0.2) is 8.78 Å². The maximum Gasteiger partial charge on any atom is 0.272 e. The van der Waals surface area contributed by atoms with Gasteiger partial charge in [-0.05, 0) is 34.6 Å². The lowest BCUT2D eigenvalue weighted by molar-refractivity contribution is -0.0549. The normalized spacial score (nSPS) is 24.8. The predicted octanol–water partition coefficient (Wildman–Crippen LogP) is 2.45. The minimum absolute atomic E-state index is 0.114. The zero-order valence-electron chi connectivity index (χ0n) is 11.1. The zero-order valence-corrected chi connectivity index (χ0v) is 11.1. The van der Waals surface area contributed by atoms with E-state index in [1.54, 1.807) is 0 Å². The molecule has 1 heterocycles. The van der Waals surface area contributed by atoms with Crippen molar-refractivity contribution in [3.05, 3.63) is 0 Å². The molecule has 0 aromatic carbocycles. The van der Waals surface area contributed by atoms with Gasteiger partial charge in [0.25, 0.3) is 5.92 Å². The average molecular weight is 234 g/mol. The van der Waals surface area contributed by atoms with Crippen LogP contribution in [0.2, 0.25) is 0 Å². The van der Waals surface area contributed by atoms with Gasteiger partial charge in [0.2, 0.25) is 0 Å². The highest BCUT2D eigenvalue weighted by molar-refractivity contribution is 4.88. The SMILES string of the molecule is CC(C)N1CCN(C(C)(C)C)CC(F)(F)C1. The molecular formula is C12H24F2N2. The molecule has 0 bridgehead atoms. The zero-order chi connectivity index (χ0) is 12.6. The summed E-state index contributed by atoms with van der Waals surface area (Å²) in [6.45, 7) is 11.1. The van der Waals surface area contributed by atoms with E-state index in [1.165, 1.54) is 0 Å². The van der Waals surface area contributed by atoms with E-state index in [1.807, 2.05) is 44.4 Å². The largest absolute Gasteiger partial charge is 0.294 e. The van der Waals surface area contributed by atoms with E-state index in [0.29, 0.717) is 0 Å². The van der Waals surface area contributed by atoms with Crippen LogP contribution in [0, 0.1) is 0 Å². The maximum atomic E-state index is 13.8. The van der Waals surface area contributed by atoms with Crippen LogP contribution in [-0.2, 0) is 0 Å². The third-order valence-corrected chi connectivity index (χ3v) is 3.19. The summed E-state index contributed by atoms with van der Waals surface area (Å²) >= 11 is 0. The van der Waals surface area contributed by atoms with Crippen molar-refractivity contribution in [3.63, 3.8) is 0 Å². The summed E-state index contributed by atoms with van der Waals surface area (Å²) in [7, 11) is 0. The smallest absolute Gasteiger partial charge is 0.272 e. The van der Waals surface area contributed by atoms with Gasteiger partial charge in [0.1, 0.15) is 0 Å². The van der Waals surface area contributed by atoms with Gasteiger partial charge in [0.05, 0.1) is 13.1 Å². The maximum absolute atomic E-state index is 13.8. The second-order valence-corrected chi connectivity index (χ2v) is 6.01. The molecule has 0 radical (unpaired) electrons. The quantitative estimate of drug-likeness (QED) is 0.687. The van der Waals surface area contributed by atoms with Crippen LogP contribution in [0.1, 0.15) is 34.6 Å². The first-order valence-electron chi connectivity index (χ1n) is 5.99. The molecule has 1 rings (SSSR count). The molecule has 1 aliphatic rings. The summed E-state index contributed by atoms with van der Waals surface area (Å²) in [4.78, 5) is 3.75. The first-order chi connectivity index (χ1) is 7.12. The summed E-state index contributed by atoms with van der Waals surface area (Å²) in [5, 5.41) is 0. The number of alkyl halides is 2. The van der Waals surface area contributed by atoms with Crippen molar-refractivity contribution >= 4 is 0 Å². The molecule has 96 valence electrons. The fourth-order valence-corrected chi connectivity index (χ4v) is 2.05. The lowest BCUT2D eigenvalue weighted by Crippen LogP contribution is -2.47. The molecule has 0 spiro atoms. The lowest BCUT2D eigenvalue weighted by atomic mass is 10.1. The molecule has 0 saturated carbocycles. The molecule has 0 aliphatic carbocycles. The Balaban J connectivity index is 2.78. The van der Waals surface area contributed by atoms with Crippen LogP contribution < -0.4 is 0 Å². The van der Waals surface area contributed by atoms with Crippen LogP contribution in [0.15, 0.2) is 0 Å². The van der Waals surface area contributed by atoms with Crippen molar-refractivity contribution in [1.29, 1.82) is 0 Å². The van der Waals surface area contributed by atoms with Gasteiger partial charge in [-0.15, -0.1) is 0 Å². The van der Waals surface area contributed by atoms with E-state index < -0.39 is 5.92 Å². The Kier molecular flexibility index (Phi) is 3.95. The van der Waals surface area contributed by atoms with Crippen LogP contribution >= 0.6 is 0 Å². The van der Waals surface area contributed by atoms with Crippen molar-refractivity contribution in [2.75, 3.05) is 26.2 Å². The molecule has 2 nitrogen and oxygen atoms in total. The topological polar surface area (TPSA) is 6.48 Å². The number of hydrogen-bond acceptors (Lipinski definition) is 2. The summed E-state index contributed by atoms with van der Waals surface area (Å²) in [5.74, 6) is -2.60. The standard InChI is InChI=1S/C12H24F2N2/c1-10(2)15-6-7-16(11(3,4)5)9-12(13,14)8-15/h10H,6-9H2,1-5H3. The Hall–Kier alpha value is -0.220. The third kappa shape index (κ3) is 3.67. The minimum Gasteiger partial charge on any atom is -0.294 e. The molecule has 0 amide bonds. The number of hydrogen-bond donors (Lipinski definition) is 0. The molecule has 16 heavy (non-hydrogen) atoms. The van der Waals surface area contributed by atoms with E-state index in [2.05, 4.69) is 0 Å². The summed E-state index contributed by atoms with van der Waals surface area (Å²) in [6, 6.07) is 0.186. The highest BCUT2D eigenvalue weighted by Crippen LogP contribution is 2.26. The lowest BCUT2D eigenvalue weighted by Gasteiger charge is -2.35. The van der Waals surface area contributed by atoms with E-state index in [-0.39, 0.29) is 24.7 Å².